The van der Waals surface area contributed by atoms with Crippen LogP contribution in [0.15, 0.2) is 0 Å². The first-order chi connectivity index (χ1) is 9.47. The number of carbonyl (C=O) groups excluding carboxylic acids is 2. The molecular formula is C15H20N2O3. The molecule has 0 aromatic carbocycles. The molecule has 20 heavy (non-hydrogen) atoms. The van der Waals surface area contributed by atoms with Crippen LogP contribution in [0.5, 0.6) is 0 Å². The highest BCUT2D eigenvalue weighted by atomic mass is 16.5. The molecule has 0 aliphatic carbocycles. The lowest BCUT2D eigenvalue weighted by Crippen LogP contribution is -2.20. The van der Waals surface area contributed by atoms with Gasteiger partial charge in [0.1, 0.15) is 5.69 Å². The molecule has 2 N–H and O–H groups in total. The molecule has 0 saturated heterocycles. The topological polar surface area (TPSA) is 71.2 Å². The van der Waals surface area contributed by atoms with Crippen LogP contribution in [0.1, 0.15) is 47.6 Å². The second-order valence-electron chi connectivity index (χ2n) is 4.38. The van der Waals surface area contributed by atoms with Crippen molar-refractivity contribution >= 4 is 11.9 Å². The molecule has 5 heteroatoms. The smallest absolute Gasteiger partial charge is 0.355 e. The van der Waals surface area contributed by atoms with Gasteiger partial charge in [-0.15, -0.1) is 0 Å². The number of aromatic nitrogens is 1. The molecule has 0 atom stereocenters. The third-order valence-electron chi connectivity index (χ3n) is 2.75. The number of H-pyrrole nitrogens is 1. The molecule has 0 fully saturated rings. The Morgan fingerprint density at radius 3 is 2.65 bits per heavy atom. The summed E-state index contributed by atoms with van der Waals surface area (Å²) in [4.78, 5) is 25.5. The molecule has 0 aliphatic heterocycles. The fourth-order valence-corrected chi connectivity index (χ4v) is 1.80. The van der Waals surface area contributed by atoms with Crippen molar-refractivity contribution in [1.29, 1.82) is 0 Å². The molecule has 108 valence electrons. The Balaban J connectivity index is 2.79. The maximum atomic E-state index is 11.7. The third-order valence-corrected chi connectivity index (χ3v) is 2.75. The lowest BCUT2D eigenvalue weighted by atomic mass is 10.1. The van der Waals surface area contributed by atoms with Crippen LogP contribution in [-0.2, 0) is 9.53 Å². The van der Waals surface area contributed by atoms with Gasteiger partial charge in [-0.2, -0.15) is 0 Å². The zero-order valence-electron chi connectivity index (χ0n) is 12.3. The van der Waals surface area contributed by atoms with Gasteiger partial charge in [-0.25, -0.2) is 4.79 Å². The van der Waals surface area contributed by atoms with Crippen LogP contribution in [0.4, 0.5) is 0 Å². The number of amides is 1. The molecular weight excluding hydrogens is 256 g/mol. The summed E-state index contributed by atoms with van der Waals surface area (Å²) in [6, 6.07) is 0. The molecule has 1 amide bonds. The van der Waals surface area contributed by atoms with E-state index < -0.39 is 0 Å². The summed E-state index contributed by atoms with van der Waals surface area (Å²) in [5.74, 6) is 5.59. The van der Waals surface area contributed by atoms with Gasteiger partial charge in [0.25, 0.3) is 0 Å². The van der Waals surface area contributed by atoms with Gasteiger partial charge in [-0.05, 0) is 26.3 Å². The Morgan fingerprint density at radius 1 is 1.35 bits per heavy atom. The minimum atomic E-state index is -0.362. The van der Waals surface area contributed by atoms with Crippen LogP contribution in [0, 0.1) is 25.7 Å². The van der Waals surface area contributed by atoms with E-state index >= 15 is 0 Å². The summed E-state index contributed by atoms with van der Waals surface area (Å²) in [6.07, 6.45) is 0.568. The maximum absolute atomic E-state index is 11.7. The van der Waals surface area contributed by atoms with Gasteiger partial charge >= 0.3 is 5.97 Å². The van der Waals surface area contributed by atoms with E-state index in [9.17, 15) is 9.59 Å². The van der Waals surface area contributed by atoms with E-state index in [1.807, 2.05) is 13.8 Å². The monoisotopic (exact) mass is 276 g/mol. The predicted octanol–water partition coefficient (Wildman–Crippen LogP) is 1.69. The van der Waals surface area contributed by atoms with Crippen molar-refractivity contribution in [2.45, 2.75) is 34.1 Å². The first-order valence-electron chi connectivity index (χ1n) is 6.57. The van der Waals surface area contributed by atoms with Crippen LogP contribution in [-0.4, -0.2) is 30.0 Å². The maximum Gasteiger partial charge on any atom is 0.355 e. The number of hydrogen-bond acceptors (Lipinski definition) is 3. The number of esters is 1. The van der Waals surface area contributed by atoms with Gasteiger partial charge in [0.15, 0.2) is 0 Å². The fourth-order valence-electron chi connectivity index (χ4n) is 1.80. The first-order valence-corrected chi connectivity index (χ1v) is 6.57. The number of hydrogen-bond donors (Lipinski definition) is 2. The van der Waals surface area contributed by atoms with E-state index in [4.69, 9.17) is 4.74 Å². The van der Waals surface area contributed by atoms with Crippen molar-refractivity contribution in [2.75, 3.05) is 13.2 Å². The summed E-state index contributed by atoms with van der Waals surface area (Å²) in [6.45, 7) is 7.82. The molecule has 0 radical (unpaired) electrons. The van der Waals surface area contributed by atoms with E-state index in [2.05, 4.69) is 22.1 Å². The van der Waals surface area contributed by atoms with Crippen LogP contribution in [0.3, 0.4) is 0 Å². The molecule has 1 rings (SSSR count). The van der Waals surface area contributed by atoms with Gasteiger partial charge in [0.2, 0.25) is 5.91 Å². The molecule has 0 aliphatic rings. The van der Waals surface area contributed by atoms with Gasteiger partial charge in [-0.1, -0.05) is 11.8 Å². The molecule has 1 aromatic rings. The summed E-state index contributed by atoms with van der Waals surface area (Å²) in [7, 11) is 0. The number of aromatic amines is 1. The van der Waals surface area contributed by atoms with Crippen molar-refractivity contribution in [3.05, 3.63) is 22.5 Å². The Kier molecular flexibility index (Phi) is 5.85. The number of aryl methyl sites for hydroxylation is 1. The van der Waals surface area contributed by atoms with Crippen molar-refractivity contribution in [1.82, 2.24) is 10.3 Å². The zero-order chi connectivity index (χ0) is 15.1. The first kappa shape index (κ1) is 15.8. The van der Waals surface area contributed by atoms with Crippen molar-refractivity contribution in [3.63, 3.8) is 0 Å². The molecule has 1 heterocycles. The second-order valence-corrected chi connectivity index (χ2v) is 4.38. The zero-order valence-corrected chi connectivity index (χ0v) is 12.3. The average Bonchev–Trinajstić information content (AvgIpc) is 2.65. The molecule has 0 saturated carbocycles. The number of rotatable bonds is 4. The predicted molar refractivity (Wildman–Crippen MR) is 76.4 cm³/mol. The number of ether oxygens (including phenoxy) is 1. The SMILES string of the molecule is CCOC(=O)c1[nH]c(C)c(C#CCCNC(C)=O)c1C. The van der Waals surface area contributed by atoms with Gasteiger partial charge < -0.3 is 15.0 Å². The van der Waals surface area contributed by atoms with Crippen molar-refractivity contribution in [2.24, 2.45) is 0 Å². The summed E-state index contributed by atoms with van der Waals surface area (Å²) >= 11 is 0. The third kappa shape index (κ3) is 4.16. The summed E-state index contributed by atoms with van der Waals surface area (Å²) in [5.41, 5.74) is 2.91. The standard InChI is InChI=1S/C15H20N2O3/c1-5-20-15(19)14-10(2)13(11(3)17-14)8-6-7-9-16-12(4)18/h17H,5,7,9H2,1-4H3,(H,16,18). The largest absolute Gasteiger partial charge is 0.461 e. The van der Waals surface area contributed by atoms with Crippen LogP contribution >= 0.6 is 0 Å². The molecule has 0 spiro atoms. The highest BCUT2D eigenvalue weighted by Crippen LogP contribution is 2.17. The highest BCUT2D eigenvalue weighted by molar-refractivity contribution is 5.90. The second kappa shape index (κ2) is 7.39. The Morgan fingerprint density at radius 2 is 2.05 bits per heavy atom. The van der Waals surface area contributed by atoms with Crippen LogP contribution < -0.4 is 5.32 Å². The minimum Gasteiger partial charge on any atom is -0.461 e. The van der Waals surface area contributed by atoms with Crippen LogP contribution in [0.25, 0.3) is 0 Å². The Hall–Kier alpha value is -2.22. The Labute approximate surface area is 119 Å². The molecule has 0 unspecified atom stereocenters. The van der Waals surface area contributed by atoms with E-state index in [0.29, 0.717) is 25.3 Å². The van der Waals surface area contributed by atoms with Crippen molar-refractivity contribution < 1.29 is 14.3 Å². The average molecular weight is 276 g/mol. The van der Waals surface area contributed by atoms with Crippen LogP contribution in [0.2, 0.25) is 0 Å². The van der Waals surface area contributed by atoms with Gasteiger partial charge in [0, 0.05) is 31.1 Å². The highest BCUT2D eigenvalue weighted by Gasteiger charge is 2.16. The van der Waals surface area contributed by atoms with E-state index in [1.165, 1.54) is 6.92 Å². The lowest BCUT2D eigenvalue weighted by molar-refractivity contribution is -0.118. The van der Waals surface area contributed by atoms with Gasteiger partial charge in [0.05, 0.1) is 6.61 Å². The molecule has 0 bridgehead atoms. The number of nitrogens with one attached hydrogen (secondary N) is 2. The summed E-state index contributed by atoms with van der Waals surface area (Å²) < 4.78 is 4.98. The quantitative estimate of drug-likeness (QED) is 0.499. The normalized spacial score (nSPS) is 9.60. The Bertz CT molecular complexity index is 562. The number of carbonyl (C=O) groups is 2. The fraction of sp³-hybridized carbons (Fsp3) is 0.467. The minimum absolute atomic E-state index is 0.0644. The van der Waals surface area contributed by atoms with Gasteiger partial charge in [-0.3, -0.25) is 4.79 Å². The van der Waals surface area contributed by atoms with E-state index in [-0.39, 0.29) is 11.9 Å². The lowest BCUT2D eigenvalue weighted by Gasteiger charge is -1.99. The van der Waals surface area contributed by atoms with Crippen molar-refractivity contribution in [3.8, 4) is 11.8 Å². The summed E-state index contributed by atoms with van der Waals surface area (Å²) in [5, 5.41) is 2.68. The van der Waals surface area contributed by atoms with E-state index in [0.717, 1.165) is 16.8 Å². The molecule has 5 nitrogen and oxygen atoms in total. The van der Waals surface area contributed by atoms with E-state index in [1.54, 1.807) is 6.92 Å². The molecule has 1 aromatic heterocycles.